The molecule has 0 atom stereocenters. The molecule has 1 aromatic carbocycles. The summed E-state index contributed by atoms with van der Waals surface area (Å²) in [5.74, 6) is 1.31. The summed E-state index contributed by atoms with van der Waals surface area (Å²) in [5.41, 5.74) is 2.92. The summed E-state index contributed by atoms with van der Waals surface area (Å²) in [5, 5.41) is 4.05. The Bertz CT molecular complexity index is 1170. The van der Waals surface area contributed by atoms with E-state index in [-0.39, 0.29) is 11.6 Å². The number of hydrogen-bond donors (Lipinski definition) is 0. The Morgan fingerprint density at radius 1 is 1.15 bits per heavy atom. The van der Waals surface area contributed by atoms with E-state index in [1.165, 1.54) is 0 Å². The van der Waals surface area contributed by atoms with Crippen LogP contribution in [0.25, 0.3) is 34.1 Å². The van der Waals surface area contributed by atoms with E-state index < -0.39 is 0 Å². The molecule has 4 aromatic rings. The fraction of sp³-hybridized carbons (Fsp3) is 0.300. The molecule has 7 nitrogen and oxygen atoms in total. The van der Waals surface area contributed by atoms with Crippen LogP contribution in [0.5, 0.6) is 0 Å². The van der Waals surface area contributed by atoms with Crippen molar-refractivity contribution < 1.29 is 8.94 Å². The maximum Gasteiger partial charge on any atom is 0.293 e. The first-order valence-electron chi connectivity index (χ1n) is 9.11. The molecule has 1 aliphatic carbocycles. The number of aromatic nitrogens is 4. The van der Waals surface area contributed by atoms with Gasteiger partial charge in [-0.05, 0) is 50.1 Å². The lowest BCUT2D eigenvalue weighted by atomic mass is 10.1. The number of aryl methyl sites for hydroxylation is 1. The molecule has 27 heavy (non-hydrogen) atoms. The molecule has 0 saturated heterocycles. The minimum atomic E-state index is 0.00168. The molecule has 3 aromatic heterocycles. The van der Waals surface area contributed by atoms with E-state index in [4.69, 9.17) is 8.94 Å². The highest BCUT2D eigenvalue weighted by Crippen LogP contribution is 2.31. The quantitative estimate of drug-likeness (QED) is 0.544. The van der Waals surface area contributed by atoms with Crippen molar-refractivity contribution in [3.63, 3.8) is 0 Å². The third-order valence-corrected chi connectivity index (χ3v) is 5.16. The van der Waals surface area contributed by atoms with E-state index in [0.717, 1.165) is 42.3 Å². The van der Waals surface area contributed by atoms with Crippen LogP contribution >= 0.6 is 0 Å². The molecule has 1 saturated carbocycles. The van der Waals surface area contributed by atoms with Gasteiger partial charge in [-0.2, -0.15) is 4.98 Å². The van der Waals surface area contributed by atoms with Gasteiger partial charge in [0.25, 0.3) is 11.4 Å². The van der Waals surface area contributed by atoms with Gasteiger partial charge in [-0.3, -0.25) is 4.79 Å². The second-order valence-corrected chi connectivity index (χ2v) is 6.91. The van der Waals surface area contributed by atoms with E-state index in [1.54, 1.807) is 25.3 Å². The van der Waals surface area contributed by atoms with Crippen molar-refractivity contribution in [2.24, 2.45) is 0 Å². The molecule has 7 heteroatoms. The van der Waals surface area contributed by atoms with Crippen LogP contribution in [0.1, 0.15) is 37.4 Å². The van der Waals surface area contributed by atoms with Crippen molar-refractivity contribution in [3.8, 4) is 23.0 Å². The van der Waals surface area contributed by atoms with Crippen LogP contribution in [0.2, 0.25) is 0 Å². The zero-order valence-electron chi connectivity index (χ0n) is 14.9. The van der Waals surface area contributed by atoms with E-state index in [2.05, 4.69) is 15.1 Å². The molecule has 5 rings (SSSR count). The number of nitrogens with zero attached hydrogens (tertiary/aromatic N) is 4. The summed E-state index contributed by atoms with van der Waals surface area (Å²) >= 11 is 0. The minimum absolute atomic E-state index is 0.00168. The zero-order chi connectivity index (χ0) is 18.4. The second-order valence-electron chi connectivity index (χ2n) is 6.91. The smallest absolute Gasteiger partial charge is 0.293 e. The van der Waals surface area contributed by atoms with Gasteiger partial charge >= 0.3 is 0 Å². The summed E-state index contributed by atoms with van der Waals surface area (Å²) in [6.45, 7) is 1.77. The van der Waals surface area contributed by atoms with Gasteiger partial charge < -0.3 is 13.5 Å². The average molecular weight is 362 g/mol. The van der Waals surface area contributed by atoms with Crippen molar-refractivity contribution in [3.05, 3.63) is 52.6 Å². The van der Waals surface area contributed by atoms with Crippen LogP contribution in [0.15, 0.2) is 50.3 Å². The lowest BCUT2D eigenvalue weighted by Gasteiger charge is -2.17. The standard InChI is InChI=1S/C20H18N4O3/c1-12-20(25)24(14-5-2-3-6-14)16-9-8-13(11-15(16)21-12)18-22-19(27-23-18)17-7-4-10-26-17/h4,7-11,14H,2-3,5-6H2,1H3. The molecular formula is C20H18N4O3. The lowest BCUT2D eigenvalue weighted by molar-refractivity contribution is 0.417. The Balaban J connectivity index is 1.62. The Morgan fingerprint density at radius 3 is 2.78 bits per heavy atom. The topological polar surface area (TPSA) is 86.9 Å². The molecule has 0 unspecified atom stereocenters. The summed E-state index contributed by atoms with van der Waals surface area (Å²) in [6, 6.07) is 9.53. The third-order valence-electron chi connectivity index (χ3n) is 5.16. The predicted molar refractivity (Wildman–Crippen MR) is 99.2 cm³/mol. The zero-order valence-corrected chi connectivity index (χ0v) is 14.9. The van der Waals surface area contributed by atoms with Crippen molar-refractivity contribution in [2.75, 3.05) is 0 Å². The second kappa shape index (κ2) is 6.19. The maximum absolute atomic E-state index is 12.7. The monoisotopic (exact) mass is 362 g/mol. The number of furan rings is 1. The molecule has 0 N–H and O–H groups in total. The Morgan fingerprint density at radius 2 is 2.00 bits per heavy atom. The molecule has 3 heterocycles. The highest BCUT2D eigenvalue weighted by atomic mass is 16.5. The van der Waals surface area contributed by atoms with Crippen LogP contribution in [0.4, 0.5) is 0 Å². The van der Waals surface area contributed by atoms with E-state index in [0.29, 0.717) is 23.2 Å². The fourth-order valence-electron chi connectivity index (χ4n) is 3.83. The van der Waals surface area contributed by atoms with Crippen molar-refractivity contribution >= 4 is 11.0 Å². The molecule has 1 fully saturated rings. The molecule has 1 aliphatic rings. The Labute approximate surface area is 154 Å². The third kappa shape index (κ3) is 2.66. The largest absolute Gasteiger partial charge is 0.459 e. The molecule has 0 spiro atoms. The molecule has 0 radical (unpaired) electrons. The highest BCUT2D eigenvalue weighted by molar-refractivity contribution is 5.80. The van der Waals surface area contributed by atoms with E-state index in [1.807, 2.05) is 22.8 Å². The van der Waals surface area contributed by atoms with Gasteiger partial charge in [0.1, 0.15) is 5.69 Å². The van der Waals surface area contributed by atoms with Crippen LogP contribution in [-0.2, 0) is 0 Å². The van der Waals surface area contributed by atoms with Gasteiger partial charge in [0, 0.05) is 11.6 Å². The lowest BCUT2D eigenvalue weighted by Crippen LogP contribution is -2.26. The Hall–Kier alpha value is -3.22. The van der Waals surface area contributed by atoms with E-state index in [9.17, 15) is 4.79 Å². The predicted octanol–water partition coefficient (Wildman–Crippen LogP) is 4.13. The fourth-order valence-corrected chi connectivity index (χ4v) is 3.83. The summed E-state index contributed by atoms with van der Waals surface area (Å²) in [7, 11) is 0. The van der Waals surface area contributed by atoms with Crippen LogP contribution in [0.3, 0.4) is 0 Å². The van der Waals surface area contributed by atoms with Crippen LogP contribution in [-0.4, -0.2) is 19.7 Å². The average Bonchev–Trinajstić information content (AvgIpc) is 3.43. The van der Waals surface area contributed by atoms with Crippen molar-refractivity contribution in [1.82, 2.24) is 19.7 Å². The van der Waals surface area contributed by atoms with Gasteiger partial charge in [-0.1, -0.05) is 18.0 Å². The SMILES string of the molecule is Cc1nc2cc(-c3noc(-c4ccco4)n3)ccc2n(C2CCCC2)c1=O. The highest BCUT2D eigenvalue weighted by Gasteiger charge is 2.22. The first kappa shape index (κ1) is 16.0. The minimum Gasteiger partial charge on any atom is -0.459 e. The van der Waals surface area contributed by atoms with E-state index >= 15 is 0 Å². The van der Waals surface area contributed by atoms with Gasteiger partial charge in [0.15, 0.2) is 5.76 Å². The number of hydrogen-bond acceptors (Lipinski definition) is 6. The van der Waals surface area contributed by atoms with Crippen LogP contribution in [0, 0.1) is 6.92 Å². The van der Waals surface area contributed by atoms with Crippen LogP contribution < -0.4 is 5.56 Å². The summed E-state index contributed by atoms with van der Waals surface area (Å²) in [6.07, 6.45) is 5.96. The Kier molecular flexibility index (Phi) is 3.67. The van der Waals surface area contributed by atoms with Crippen molar-refractivity contribution in [2.45, 2.75) is 38.6 Å². The first-order chi connectivity index (χ1) is 13.2. The number of fused-ring (bicyclic) bond motifs is 1. The summed E-state index contributed by atoms with van der Waals surface area (Å²) in [4.78, 5) is 21.6. The molecule has 0 aliphatic heterocycles. The first-order valence-corrected chi connectivity index (χ1v) is 9.11. The molecule has 136 valence electrons. The van der Waals surface area contributed by atoms with Crippen molar-refractivity contribution in [1.29, 1.82) is 0 Å². The van der Waals surface area contributed by atoms with Gasteiger partial charge in [0.2, 0.25) is 5.82 Å². The number of rotatable bonds is 3. The van der Waals surface area contributed by atoms with Gasteiger partial charge in [0.05, 0.1) is 17.3 Å². The number of benzene rings is 1. The maximum atomic E-state index is 12.7. The summed E-state index contributed by atoms with van der Waals surface area (Å²) < 4.78 is 12.5. The molecule has 0 amide bonds. The van der Waals surface area contributed by atoms with Gasteiger partial charge in [-0.15, -0.1) is 0 Å². The molecule has 0 bridgehead atoms. The van der Waals surface area contributed by atoms with Gasteiger partial charge in [-0.25, -0.2) is 4.98 Å². The molecular weight excluding hydrogens is 344 g/mol. The normalized spacial score (nSPS) is 15.0.